The Balaban J connectivity index is 2.03. The van der Waals surface area contributed by atoms with Gasteiger partial charge in [0.05, 0.1) is 12.8 Å². The summed E-state index contributed by atoms with van der Waals surface area (Å²) in [5.74, 6) is 0.796. The zero-order valence-electron chi connectivity index (χ0n) is 15.1. The number of hydrogen-bond acceptors (Lipinski definition) is 4. The Morgan fingerprint density at radius 3 is 2.78 bits per heavy atom. The van der Waals surface area contributed by atoms with Crippen molar-refractivity contribution in [3.8, 4) is 11.5 Å². The van der Waals surface area contributed by atoms with Crippen molar-refractivity contribution < 1.29 is 13.9 Å². The van der Waals surface area contributed by atoms with E-state index in [1.165, 1.54) is 6.07 Å². The molecule has 0 fully saturated rings. The first kappa shape index (κ1) is 20.4. The molecule has 2 N–H and O–H groups in total. The Hall–Kier alpha value is -2.93. The lowest BCUT2D eigenvalue weighted by atomic mass is 10.2. The molecule has 0 spiro atoms. The maximum atomic E-state index is 13.7. The summed E-state index contributed by atoms with van der Waals surface area (Å²) in [5.41, 5.74) is 4.00. The van der Waals surface area contributed by atoms with E-state index in [0.717, 1.165) is 5.56 Å². The second kappa shape index (κ2) is 10.9. The van der Waals surface area contributed by atoms with E-state index < -0.39 is 0 Å². The highest BCUT2D eigenvalue weighted by Gasteiger charge is 2.08. The number of nitrogens with one attached hydrogen (secondary N) is 2. The molecule has 27 heavy (non-hydrogen) atoms. The number of nitrogens with zero attached hydrogens (tertiary/aromatic N) is 1. The van der Waals surface area contributed by atoms with Crippen molar-refractivity contribution in [2.75, 3.05) is 13.2 Å². The van der Waals surface area contributed by atoms with Gasteiger partial charge in [0.1, 0.15) is 12.4 Å². The third kappa shape index (κ3) is 6.71. The normalized spacial score (nSPS) is 10.4. The molecule has 0 atom stereocenters. The molecule has 7 heteroatoms. The highest BCUT2D eigenvalue weighted by Crippen LogP contribution is 2.29. The van der Waals surface area contributed by atoms with Crippen molar-refractivity contribution in [3.05, 3.63) is 72.1 Å². The molecule has 0 amide bonds. The fraction of sp³-hybridized carbons (Fsp3) is 0.200. The van der Waals surface area contributed by atoms with E-state index in [-0.39, 0.29) is 12.4 Å². The summed E-state index contributed by atoms with van der Waals surface area (Å²) in [4.78, 5) is 0. The number of benzene rings is 2. The van der Waals surface area contributed by atoms with Crippen LogP contribution in [0.2, 0.25) is 0 Å². The third-order valence-corrected chi connectivity index (χ3v) is 3.63. The fourth-order valence-electron chi connectivity index (χ4n) is 2.13. The van der Waals surface area contributed by atoms with Crippen molar-refractivity contribution >= 4 is 23.5 Å². The summed E-state index contributed by atoms with van der Waals surface area (Å²) < 4.78 is 25.1. The number of ether oxygens (including phenoxy) is 2. The summed E-state index contributed by atoms with van der Waals surface area (Å²) in [5, 5.41) is 7.38. The van der Waals surface area contributed by atoms with Crippen LogP contribution in [-0.4, -0.2) is 24.5 Å². The maximum Gasteiger partial charge on any atom is 0.187 e. The van der Waals surface area contributed by atoms with Crippen LogP contribution in [0, 0.1) is 5.82 Å². The van der Waals surface area contributed by atoms with Gasteiger partial charge in [-0.05, 0) is 49.0 Å². The lowest BCUT2D eigenvalue weighted by molar-refractivity contribution is 0.266. The van der Waals surface area contributed by atoms with Gasteiger partial charge in [-0.2, -0.15) is 5.10 Å². The Morgan fingerprint density at radius 1 is 1.22 bits per heavy atom. The molecule has 0 bridgehead atoms. The lowest BCUT2D eigenvalue weighted by Gasteiger charge is -2.13. The average molecular weight is 387 g/mol. The van der Waals surface area contributed by atoms with Crippen LogP contribution in [0.25, 0.3) is 0 Å². The van der Waals surface area contributed by atoms with Gasteiger partial charge in [-0.1, -0.05) is 24.3 Å². The smallest absolute Gasteiger partial charge is 0.187 e. The van der Waals surface area contributed by atoms with Crippen LogP contribution in [0.5, 0.6) is 11.5 Å². The summed E-state index contributed by atoms with van der Waals surface area (Å²) >= 11 is 5.06. The Bertz CT molecular complexity index is 812. The zero-order valence-corrected chi connectivity index (χ0v) is 15.9. The number of rotatable bonds is 9. The number of thiocarbonyl (C=S) groups is 1. The van der Waals surface area contributed by atoms with Gasteiger partial charge in [0, 0.05) is 12.1 Å². The predicted molar refractivity (Wildman–Crippen MR) is 110 cm³/mol. The molecule has 0 saturated carbocycles. The minimum absolute atomic E-state index is 0.116. The van der Waals surface area contributed by atoms with Crippen molar-refractivity contribution in [2.24, 2.45) is 5.10 Å². The molecule has 0 aliphatic carbocycles. The average Bonchev–Trinajstić information content (AvgIpc) is 2.67. The van der Waals surface area contributed by atoms with Crippen molar-refractivity contribution in [1.29, 1.82) is 0 Å². The largest absolute Gasteiger partial charge is 0.490 e. The van der Waals surface area contributed by atoms with Crippen molar-refractivity contribution in [2.45, 2.75) is 13.5 Å². The summed E-state index contributed by atoms with van der Waals surface area (Å²) in [7, 11) is 0. The molecule has 0 radical (unpaired) electrons. The van der Waals surface area contributed by atoms with Gasteiger partial charge in [-0.15, -0.1) is 6.58 Å². The molecule has 0 aliphatic heterocycles. The molecule has 2 rings (SSSR count). The molecule has 0 aliphatic rings. The summed E-state index contributed by atoms with van der Waals surface area (Å²) in [6.07, 6.45) is 3.32. The second-order valence-electron chi connectivity index (χ2n) is 5.39. The first-order valence-electron chi connectivity index (χ1n) is 8.45. The topological polar surface area (TPSA) is 54.9 Å². The van der Waals surface area contributed by atoms with Gasteiger partial charge < -0.3 is 14.8 Å². The summed E-state index contributed by atoms with van der Waals surface area (Å²) in [6.45, 7) is 6.63. The molecule has 2 aromatic rings. The Labute approximate surface area is 163 Å². The Kier molecular flexibility index (Phi) is 8.25. The number of hydrogen-bond donors (Lipinski definition) is 2. The highest BCUT2D eigenvalue weighted by molar-refractivity contribution is 7.80. The van der Waals surface area contributed by atoms with E-state index >= 15 is 0 Å². The van der Waals surface area contributed by atoms with E-state index in [9.17, 15) is 4.39 Å². The molecule has 0 aromatic heterocycles. The molecule has 142 valence electrons. The van der Waals surface area contributed by atoms with E-state index in [4.69, 9.17) is 21.7 Å². The maximum absolute atomic E-state index is 13.7. The Morgan fingerprint density at radius 2 is 2.04 bits per heavy atom. The van der Waals surface area contributed by atoms with Gasteiger partial charge in [-0.3, -0.25) is 5.43 Å². The molecule has 2 aromatic carbocycles. The predicted octanol–water partition coefficient (Wildman–Crippen LogP) is 3.79. The van der Waals surface area contributed by atoms with E-state index in [1.54, 1.807) is 42.6 Å². The quantitative estimate of drug-likeness (QED) is 0.297. The molecular weight excluding hydrogens is 365 g/mol. The van der Waals surface area contributed by atoms with Gasteiger partial charge >= 0.3 is 0 Å². The zero-order chi connectivity index (χ0) is 19.5. The van der Waals surface area contributed by atoms with Gasteiger partial charge in [0.15, 0.2) is 16.6 Å². The minimum atomic E-state index is -0.300. The number of halogens is 1. The standard InChI is InChI=1S/C20H22FN3O2S/c1-3-11-22-20(27)24-23-13-15-9-10-18(19(12-15)25-4-2)26-14-16-7-5-6-8-17(16)21/h3,5-10,12-13H,1,4,11,14H2,2H3,(H2,22,24,27)/b23-13-. The van der Waals surface area contributed by atoms with Crippen LogP contribution in [0.3, 0.4) is 0 Å². The van der Waals surface area contributed by atoms with Crippen LogP contribution >= 0.6 is 12.2 Å². The van der Waals surface area contributed by atoms with Gasteiger partial charge in [-0.25, -0.2) is 4.39 Å². The fourth-order valence-corrected chi connectivity index (χ4v) is 2.27. The first-order valence-corrected chi connectivity index (χ1v) is 8.85. The molecule has 0 saturated heterocycles. The van der Waals surface area contributed by atoms with Crippen LogP contribution < -0.4 is 20.2 Å². The van der Waals surface area contributed by atoms with Gasteiger partial charge in [0.25, 0.3) is 0 Å². The monoisotopic (exact) mass is 387 g/mol. The van der Waals surface area contributed by atoms with Gasteiger partial charge in [0.2, 0.25) is 0 Å². The van der Waals surface area contributed by atoms with E-state index in [0.29, 0.717) is 35.3 Å². The van der Waals surface area contributed by atoms with Crippen LogP contribution in [-0.2, 0) is 6.61 Å². The highest BCUT2D eigenvalue weighted by atomic mass is 32.1. The van der Waals surface area contributed by atoms with E-state index in [2.05, 4.69) is 22.4 Å². The third-order valence-electron chi connectivity index (χ3n) is 3.40. The second-order valence-corrected chi connectivity index (χ2v) is 5.80. The summed E-state index contributed by atoms with van der Waals surface area (Å²) in [6, 6.07) is 11.9. The molecule has 0 heterocycles. The molecule has 5 nitrogen and oxygen atoms in total. The van der Waals surface area contributed by atoms with Crippen LogP contribution in [0.15, 0.2) is 60.2 Å². The lowest BCUT2D eigenvalue weighted by Crippen LogP contribution is -2.31. The van der Waals surface area contributed by atoms with Crippen LogP contribution in [0.1, 0.15) is 18.1 Å². The minimum Gasteiger partial charge on any atom is -0.490 e. The van der Waals surface area contributed by atoms with E-state index in [1.807, 2.05) is 13.0 Å². The molecule has 0 unspecified atom stereocenters. The first-order chi connectivity index (χ1) is 13.1. The van der Waals surface area contributed by atoms with Crippen molar-refractivity contribution in [3.63, 3.8) is 0 Å². The van der Waals surface area contributed by atoms with Crippen molar-refractivity contribution in [1.82, 2.24) is 10.7 Å². The van der Waals surface area contributed by atoms with Crippen LogP contribution in [0.4, 0.5) is 4.39 Å². The molecular formula is C20H22FN3O2S. The number of hydrazone groups is 1. The SMILES string of the molecule is C=CCNC(=S)N/N=C\c1ccc(OCc2ccccc2F)c(OCC)c1.